The van der Waals surface area contributed by atoms with E-state index >= 15 is 0 Å². The van der Waals surface area contributed by atoms with Crippen molar-refractivity contribution < 1.29 is 0 Å². The molecule has 1 aliphatic rings. The smallest absolute Gasteiger partial charge is 0.254 e. The second kappa shape index (κ2) is 6.73. The highest BCUT2D eigenvalue weighted by Gasteiger charge is 2.22. The summed E-state index contributed by atoms with van der Waals surface area (Å²) in [7, 11) is 0. The van der Waals surface area contributed by atoms with Crippen molar-refractivity contribution in [1.29, 1.82) is 0 Å². The zero-order valence-corrected chi connectivity index (χ0v) is 15.7. The summed E-state index contributed by atoms with van der Waals surface area (Å²) in [5.74, 6) is 0.535. The third-order valence-corrected chi connectivity index (χ3v) is 5.51. The highest BCUT2D eigenvalue weighted by atomic mass is 16.1. The number of nitrogens with one attached hydrogen (secondary N) is 2. The number of benzene rings is 1. The Morgan fingerprint density at radius 1 is 1.11 bits per heavy atom. The number of aromatic nitrogens is 4. The van der Waals surface area contributed by atoms with Crippen LogP contribution in [0.2, 0.25) is 0 Å². The number of aryl methyl sites for hydroxylation is 1. The molecule has 6 heteroatoms. The molecule has 0 atom stereocenters. The van der Waals surface area contributed by atoms with Crippen molar-refractivity contribution >= 4 is 10.9 Å². The van der Waals surface area contributed by atoms with E-state index in [-0.39, 0.29) is 5.56 Å². The Balaban J connectivity index is 1.45. The van der Waals surface area contributed by atoms with Crippen LogP contribution in [0.3, 0.4) is 0 Å². The standard InChI is InChI=1S/C22H21N5O/c1-14-15-6-2-3-7-17(15)24-19(14)12-27-11-9-16-20(13-27)25-21(26-22(16)28)18-8-4-5-10-23-18/h2-8,10,24H,9,11-13H2,1H3,(H,25,26,28). The number of aromatic amines is 2. The summed E-state index contributed by atoms with van der Waals surface area (Å²) in [6.07, 6.45) is 2.42. The largest absolute Gasteiger partial charge is 0.357 e. The first-order valence-electron chi connectivity index (χ1n) is 9.51. The molecule has 0 radical (unpaired) electrons. The molecule has 0 bridgehead atoms. The predicted octanol–water partition coefficient (Wildman–Crippen LogP) is 3.18. The molecule has 5 rings (SSSR count). The van der Waals surface area contributed by atoms with E-state index in [9.17, 15) is 4.79 Å². The summed E-state index contributed by atoms with van der Waals surface area (Å²) in [4.78, 5) is 30.4. The fraction of sp³-hybridized carbons (Fsp3) is 0.227. The molecule has 6 nitrogen and oxygen atoms in total. The third-order valence-electron chi connectivity index (χ3n) is 5.51. The zero-order valence-electron chi connectivity index (χ0n) is 15.7. The van der Waals surface area contributed by atoms with Crippen molar-refractivity contribution in [2.24, 2.45) is 0 Å². The lowest BCUT2D eigenvalue weighted by Gasteiger charge is -2.27. The SMILES string of the molecule is Cc1c(CN2CCc3c(nc(-c4ccccn4)[nH]c3=O)C2)[nH]c2ccccc12. The number of nitrogens with zero attached hydrogens (tertiary/aromatic N) is 3. The van der Waals surface area contributed by atoms with Crippen molar-refractivity contribution in [2.45, 2.75) is 26.4 Å². The molecule has 0 fully saturated rings. The molecule has 140 valence electrons. The number of hydrogen-bond acceptors (Lipinski definition) is 4. The summed E-state index contributed by atoms with van der Waals surface area (Å²) >= 11 is 0. The van der Waals surface area contributed by atoms with Gasteiger partial charge in [0.2, 0.25) is 0 Å². The monoisotopic (exact) mass is 371 g/mol. The molecular formula is C22H21N5O. The van der Waals surface area contributed by atoms with Crippen molar-refractivity contribution in [3.05, 3.63) is 81.5 Å². The first-order chi connectivity index (χ1) is 13.7. The summed E-state index contributed by atoms with van der Waals surface area (Å²) in [6, 6.07) is 14.0. The quantitative estimate of drug-likeness (QED) is 0.580. The van der Waals surface area contributed by atoms with E-state index in [1.54, 1.807) is 6.20 Å². The van der Waals surface area contributed by atoms with Gasteiger partial charge in [0, 0.05) is 48.0 Å². The Morgan fingerprint density at radius 2 is 1.96 bits per heavy atom. The van der Waals surface area contributed by atoms with Gasteiger partial charge >= 0.3 is 0 Å². The van der Waals surface area contributed by atoms with Crippen molar-refractivity contribution in [2.75, 3.05) is 6.54 Å². The maximum atomic E-state index is 12.5. The van der Waals surface area contributed by atoms with Gasteiger partial charge in [0.1, 0.15) is 5.69 Å². The number of rotatable bonds is 3. The normalized spacial score (nSPS) is 14.3. The topological polar surface area (TPSA) is 77.7 Å². The van der Waals surface area contributed by atoms with Gasteiger partial charge in [-0.25, -0.2) is 4.98 Å². The number of H-pyrrole nitrogens is 2. The molecule has 2 N–H and O–H groups in total. The predicted molar refractivity (Wildman–Crippen MR) is 109 cm³/mol. The maximum Gasteiger partial charge on any atom is 0.254 e. The van der Waals surface area contributed by atoms with Crippen molar-refractivity contribution in [3.63, 3.8) is 0 Å². The van der Waals surface area contributed by atoms with E-state index in [1.165, 1.54) is 22.2 Å². The highest BCUT2D eigenvalue weighted by molar-refractivity contribution is 5.84. The van der Waals surface area contributed by atoms with Crippen molar-refractivity contribution in [1.82, 2.24) is 24.8 Å². The minimum atomic E-state index is -0.0490. The van der Waals surface area contributed by atoms with Crippen LogP contribution in [0.15, 0.2) is 53.5 Å². The average molecular weight is 371 g/mol. The molecular weight excluding hydrogens is 350 g/mol. The van der Waals surface area contributed by atoms with Gasteiger partial charge in [0.05, 0.1) is 5.69 Å². The number of hydrogen-bond donors (Lipinski definition) is 2. The van der Waals surface area contributed by atoms with Crippen LogP contribution < -0.4 is 5.56 Å². The fourth-order valence-electron chi connectivity index (χ4n) is 3.97. The summed E-state index contributed by atoms with van der Waals surface area (Å²) in [5, 5.41) is 1.27. The van der Waals surface area contributed by atoms with Gasteiger partial charge < -0.3 is 9.97 Å². The Kier molecular flexibility index (Phi) is 4.06. The van der Waals surface area contributed by atoms with Crippen LogP contribution in [0.5, 0.6) is 0 Å². The van der Waals surface area contributed by atoms with E-state index in [0.29, 0.717) is 24.5 Å². The van der Waals surface area contributed by atoms with Gasteiger partial charge in [-0.05, 0) is 37.1 Å². The summed E-state index contributed by atoms with van der Waals surface area (Å²) in [5.41, 5.74) is 5.96. The van der Waals surface area contributed by atoms with Crippen LogP contribution >= 0.6 is 0 Å². The molecule has 3 aromatic heterocycles. The Morgan fingerprint density at radius 3 is 2.79 bits per heavy atom. The van der Waals surface area contributed by atoms with Crippen LogP contribution in [0.4, 0.5) is 0 Å². The first kappa shape index (κ1) is 16.9. The first-order valence-corrected chi connectivity index (χ1v) is 9.51. The molecule has 0 aliphatic carbocycles. The number of para-hydroxylation sites is 1. The lowest BCUT2D eigenvalue weighted by Crippen LogP contribution is -2.35. The summed E-state index contributed by atoms with van der Waals surface area (Å²) in [6.45, 7) is 4.48. The average Bonchev–Trinajstić information content (AvgIpc) is 3.04. The lowest BCUT2D eigenvalue weighted by atomic mass is 10.1. The Bertz CT molecular complexity index is 1210. The maximum absolute atomic E-state index is 12.5. The molecule has 0 saturated heterocycles. The Hall–Kier alpha value is -3.25. The molecule has 0 spiro atoms. The van der Waals surface area contributed by atoms with Gasteiger partial charge in [-0.2, -0.15) is 0 Å². The molecule has 0 unspecified atom stereocenters. The van der Waals surface area contributed by atoms with Gasteiger partial charge in [-0.3, -0.25) is 14.7 Å². The molecule has 0 amide bonds. The van der Waals surface area contributed by atoms with E-state index in [0.717, 1.165) is 24.3 Å². The van der Waals surface area contributed by atoms with E-state index < -0.39 is 0 Å². The third kappa shape index (κ3) is 2.92. The molecule has 0 saturated carbocycles. The Labute approximate surface area is 162 Å². The van der Waals surface area contributed by atoms with Crippen LogP contribution in [0, 0.1) is 6.92 Å². The summed E-state index contributed by atoms with van der Waals surface area (Å²) < 4.78 is 0. The second-order valence-corrected chi connectivity index (χ2v) is 7.29. The van der Waals surface area contributed by atoms with Gasteiger partial charge in [0.25, 0.3) is 5.56 Å². The molecule has 4 heterocycles. The zero-order chi connectivity index (χ0) is 19.1. The second-order valence-electron chi connectivity index (χ2n) is 7.29. The number of fused-ring (bicyclic) bond motifs is 2. The molecule has 28 heavy (non-hydrogen) atoms. The van der Waals surface area contributed by atoms with Gasteiger partial charge in [0.15, 0.2) is 5.82 Å². The van der Waals surface area contributed by atoms with Crippen LogP contribution in [0.1, 0.15) is 22.5 Å². The van der Waals surface area contributed by atoms with Crippen molar-refractivity contribution in [3.8, 4) is 11.5 Å². The lowest BCUT2D eigenvalue weighted by molar-refractivity contribution is 0.238. The molecule has 4 aromatic rings. The van der Waals surface area contributed by atoms with Crippen LogP contribution in [0.25, 0.3) is 22.4 Å². The van der Waals surface area contributed by atoms with E-state index in [1.807, 2.05) is 18.2 Å². The van der Waals surface area contributed by atoms with E-state index in [2.05, 4.69) is 51.0 Å². The molecule has 1 aliphatic heterocycles. The molecule has 1 aromatic carbocycles. The van der Waals surface area contributed by atoms with Crippen LogP contribution in [-0.2, 0) is 19.5 Å². The minimum absolute atomic E-state index is 0.0490. The van der Waals surface area contributed by atoms with Gasteiger partial charge in [-0.15, -0.1) is 0 Å². The highest BCUT2D eigenvalue weighted by Crippen LogP contribution is 2.24. The van der Waals surface area contributed by atoms with Gasteiger partial charge in [-0.1, -0.05) is 24.3 Å². The number of pyridine rings is 1. The van der Waals surface area contributed by atoms with Crippen LogP contribution in [-0.4, -0.2) is 31.4 Å². The van der Waals surface area contributed by atoms with E-state index in [4.69, 9.17) is 4.98 Å². The fourth-order valence-corrected chi connectivity index (χ4v) is 3.97. The minimum Gasteiger partial charge on any atom is -0.357 e.